The quantitative estimate of drug-likeness (QED) is 0.213. The van der Waals surface area contributed by atoms with Gasteiger partial charge in [0, 0.05) is 31.0 Å². The third-order valence-electron chi connectivity index (χ3n) is 5.23. The molecule has 3 rings (SSSR count). The van der Waals surface area contributed by atoms with E-state index in [1.807, 2.05) is 45.3 Å². The highest BCUT2D eigenvalue weighted by molar-refractivity contribution is 14.0. The Bertz CT molecular complexity index is 995. The molecule has 2 aromatic heterocycles. The van der Waals surface area contributed by atoms with Crippen LogP contribution in [-0.4, -0.2) is 33.7 Å². The second kappa shape index (κ2) is 12.1. The predicted molar refractivity (Wildman–Crippen MR) is 138 cm³/mol. The lowest BCUT2D eigenvalue weighted by molar-refractivity contribution is 0.0601. The number of aliphatic hydroxyl groups is 1. The van der Waals surface area contributed by atoms with Crippen LogP contribution in [0.3, 0.4) is 0 Å². The highest BCUT2D eigenvalue weighted by Gasteiger charge is 2.27. The van der Waals surface area contributed by atoms with Gasteiger partial charge in [0.05, 0.1) is 6.54 Å². The Morgan fingerprint density at radius 3 is 2.62 bits per heavy atom. The van der Waals surface area contributed by atoms with Gasteiger partial charge < -0.3 is 24.7 Å². The van der Waals surface area contributed by atoms with Crippen LogP contribution in [0.2, 0.25) is 0 Å². The minimum absolute atomic E-state index is 0. The van der Waals surface area contributed by atoms with Crippen LogP contribution in [0, 0.1) is 13.8 Å². The van der Waals surface area contributed by atoms with Crippen LogP contribution >= 0.6 is 24.0 Å². The minimum atomic E-state index is -1.08. The number of benzene rings is 1. The van der Waals surface area contributed by atoms with Crippen molar-refractivity contribution in [3.05, 3.63) is 77.3 Å². The Balaban J connectivity index is 0.00000363. The number of halogens is 1. The number of nitrogens with one attached hydrogen (secondary N) is 2. The van der Waals surface area contributed by atoms with E-state index in [2.05, 4.69) is 49.4 Å². The summed E-state index contributed by atoms with van der Waals surface area (Å²) in [7, 11) is 0. The average molecular weight is 551 g/mol. The smallest absolute Gasteiger partial charge is 0.191 e. The molecule has 1 atom stereocenters. The first-order chi connectivity index (χ1) is 14.9. The number of guanidine groups is 1. The third kappa shape index (κ3) is 7.09. The Hall–Kier alpha value is -2.33. The summed E-state index contributed by atoms with van der Waals surface area (Å²) in [5.74, 6) is 3.06. The highest BCUT2D eigenvalue weighted by atomic mass is 127. The summed E-state index contributed by atoms with van der Waals surface area (Å²) in [5, 5.41) is 17.4. The number of aliphatic imine (C=N–C) groups is 1. The van der Waals surface area contributed by atoms with Crippen molar-refractivity contribution in [1.29, 1.82) is 0 Å². The van der Waals surface area contributed by atoms with Gasteiger partial charge in [0.25, 0.3) is 0 Å². The molecule has 32 heavy (non-hydrogen) atoms. The van der Waals surface area contributed by atoms with Gasteiger partial charge in [-0.3, -0.25) is 0 Å². The first-order valence-corrected chi connectivity index (χ1v) is 10.7. The summed E-state index contributed by atoms with van der Waals surface area (Å²) in [5.41, 5.74) is 1.00. The molecule has 8 heteroatoms. The van der Waals surface area contributed by atoms with E-state index in [4.69, 9.17) is 4.42 Å². The Morgan fingerprint density at radius 2 is 1.97 bits per heavy atom. The van der Waals surface area contributed by atoms with Crippen molar-refractivity contribution in [1.82, 2.24) is 20.2 Å². The van der Waals surface area contributed by atoms with E-state index in [0.717, 1.165) is 42.4 Å². The summed E-state index contributed by atoms with van der Waals surface area (Å²) in [4.78, 5) is 9.14. The van der Waals surface area contributed by atoms with Gasteiger partial charge in [-0.15, -0.1) is 24.0 Å². The molecule has 0 saturated carbocycles. The summed E-state index contributed by atoms with van der Waals surface area (Å²) in [6.45, 7) is 9.87. The van der Waals surface area contributed by atoms with Gasteiger partial charge in [0.15, 0.2) is 5.96 Å². The summed E-state index contributed by atoms with van der Waals surface area (Å²) in [6.07, 6.45) is 4.74. The van der Waals surface area contributed by atoms with Gasteiger partial charge in [-0.25, -0.2) is 9.98 Å². The lowest BCUT2D eigenvalue weighted by atomic mass is 9.96. The van der Waals surface area contributed by atoms with Gasteiger partial charge in [0.2, 0.25) is 0 Å². The van der Waals surface area contributed by atoms with Crippen molar-refractivity contribution in [3.63, 3.8) is 0 Å². The number of furan rings is 1. The van der Waals surface area contributed by atoms with E-state index >= 15 is 0 Å². The normalized spacial score (nSPS) is 13.3. The molecule has 3 N–H and O–H groups in total. The van der Waals surface area contributed by atoms with Crippen molar-refractivity contribution >= 4 is 29.9 Å². The molecular weight excluding hydrogens is 517 g/mol. The molecule has 174 valence electrons. The first-order valence-electron chi connectivity index (χ1n) is 10.7. The molecular formula is C24H34IN5O2. The second-order valence-electron chi connectivity index (χ2n) is 7.92. The van der Waals surface area contributed by atoms with Gasteiger partial charge in [0.1, 0.15) is 29.5 Å². The molecule has 0 aliphatic heterocycles. The topological polar surface area (TPSA) is 87.6 Å². The maximum Gasteiger partial charge on any atom is 0.191 e. The van der Waals surface area contributed by atoms with Crippen LogP contribution in [0.4, 0.5) is 0 Å². The number of aromatic nitrogens is 2. The summed E-state index contributed by atoms with van der Waals surface area (Å²) in [6, 6.07) is 12.3. The molecule has 0 spiro atoms. The molecule has 0 saturated heterocycles. The van der Waals surface area contributed by atoms with Gasteiger partial charge in [-0.1, -0.05) is 30.3 Å². The van der Waals surface area contributed by atoms with E-state index in [0.29, 0.717) is 19.0 Å². The molecule has 0 aliphatic rings. The number of hydrogen-bond acceptors (Lipinski definition) is 4. The SMILES string of the molecule is CCNC(=NCc1nccn1CCc1ccccc1)NCC(C)(O)c1cc(C)oc1C.I. The van der Waals surface area contributed by atoms with Crippen LogP contribution in [0.1, 0.15) is 42.3 Å². The van der Waals surface area contributed by atoms with E-state index in [-0.39, 0.29) is 24.0 Å². The van der Waals surface area contributed by atoms with Gasteiger partial charge >= 0.3 is 0 Å². The van der Waals surface area contributed by atoms with Crippen molar-refractivity contribution in [3.8, 4) is 0 Å². The van der Waals surface area contributed by atoms with E-state index in [9.17, 15) is 5.11 Å². The molecule has 0 amide bonds. The maximum absolute atomic E-state index is 10.9. The van der Waals surface area contributed by atoms with Gasteiger partial charge in [-0.2, -0.15) is 0 Å². The number of hydrogen-bond donors (Lipinski definition) is 3. The molecule has 0 bridgehead atoms. The van der Waals surface area contributed by atoms with Crippen molar-refractivity contribution in [2.75, 3.05) is 13.1 Å². The number of nitrogens with zero attached hydrogens (tertiary/aromatic N) is 3. The lowest BCUT2D eigenvalue weighted by Gasteiger charge is -2.24. The summed E-state index contributed by atoms with van der Waals surface area (Å²) < 4.78 is 7.71. The van der Waals surface area contributed by atoms with E-state index < -0.39 is 5.60 Å². The van der Waals surface area contributed by atoms with Crippen molar-refractivity contribution in [2.45, 2.75) is 52.8 Å². The maximum atomic E-state index is 10.9. The zero-order valence-electron chi connectivity index (χ0n) is 19.3. The fourth-order valence-corrected chi connectivity index (χ4v) is 3.60. The fraction of sp³-hybridized carbons (Fsp3) is 0.417. The summed E-state index contributed by atoms with van der Waals surface area (Å²) >= 11 is 0. The zero-order chi connectivity index (χ0) is 22.3. The average Bonchev–Trinajstić information content (AvgIpc) is 3.35. The number of imidazole rings is 1. The fourth-order valence-electron chi connectivity index (χ4n) is 3.60. The van der Waals surface area contributed by atoms with E-state index in [1.54, 1.807) is 6.92 Å². The molecule has 1 unspecified atom stereocenters. The minimum Gasteiger partial charge on any atom is -0.466 e. The Labute approximate surface area is 207 Å². The molecule has 0 aliphatic carbocycles. The Kier molecular flexibility index (Phi) is 9.77. The predicted octanol–water partition coefficient (Wildman–Crippen LogP) is 3.92. The van der Waals surface area contributed by atoms with Crippen LogP contribution in [0.25, 0.3) is 0 Å². The molecule has 2 heterocycles. The second-order valence-corrected chi connectivity index (χ2v) is 7.92. The van der Waals surface area contributed by atoms with Crippen molar-refractivity contribution in [2.24, 2.45) is 4.99 Å². The molecule has 0 radical (unpaired) electrons. The Morgan fingerprint density at radius 1 is 1.22 bits per heavy atom. The van der Waals surface area contributed by atoms with Crippen LogP contribution in [0.5, 0.6) is 0 Å². The molecule has 3 aromatic rings. The molecule has 7 nitrogen and oxygen atoms in total. The number of aryl methyl sites for hydroxylation is 4. The largest absolute Gasteiger partial charge is 0.466 e. The lowest BCUT2D eigenvalue weighted by Crippen LogP contribution is -2.44. The van der Waals surface area contributed by atoms with Crippen LogP contribution < -0.4 is 10.6 Å². The first kappa shape index (κ1) is 25.9. The molecule has 1 aromatic carbocycles. The monoisotopic (exact) mass is 551 g/mol. The standard InChI is InChI=1S/C24H33N5O2.HI/c1-5-25-23(28-17-24(4,30)21-15-18(2)31-19(21)3)27-16-22-26-12-14-29(22)13-11-20-9-7-6-8-10-20;/h6-10,12,14-15,30H,5,11,13,16-17H2,1-4H3,(H2,25,27,28);1H. The highest BCUT2D eigenvalue weighted by Crippen LogP contribution is 2.26. The van der Waals surface area contributed by atoms with Crippen LogP contribution in [-0.2, 0) is 25.1 Å². The van der Waals surface area contributed by atoms with Gasteiger partial charge in [-0.05, 0) is 45.7 Å². The molecule has 0 fully saturated rings. The third-order valence-corrected chi connectivity index (χ3v) is 5.23. The number of rotatable bonds is 9. The zero-order valence-corrected chi connectivity index (χ0v) is 21.6. The van der Waals surface area contributed by atoms with E-state index in [1.165, 1.54) is 5.56 Å². The van der Waals surface area contributed by atoms with Crippen LogP contribution in [0.15, 0.2) is 58.2 Å². The van der Waals surface area contributed by atoms with Crippen molar-refractivity contribution < 1.29 is 9.52 Å².